The summed E-state index contributed by atoms with van der Waals surface area (Å²) in [5, 5.41) is 14.2. The number of hydrogen-bond acceptors (Lipinski definition) is 17. The number of unbranched alkanes of at least 4 members (excludes halogenated alkanes) is 5. The average molecular weight is 1530 g/mol. The van der Waals surface area contributed by atoms with Crippen LogP contribution in [0.3, 0.4) is 0 Å². The van der Waals surface area contributed by atoms with Crippen LogP contribution in [0.2, 0.25) is 0 Å². The van der Waals surface area contributed by atoms with Crippen LogP contribution in [0, 0.1) is 27.7 Å². The van der Waals surface area contributed by atoms with Crippen molar-refractivity contribution < 1.29 is 57.5 Å². The van der Waals surface area contributed by atoms with Crippen molar-refractivity contribution in [3.8, 4) is 0 Å². The Labute approximate surface area is 629 Å². The second-order valence-corrected chi connectivity index (χ2v) is 34.5. The Morgan fingerprint density at radius 3 is 0.887 bits per heavy atom. The highest BCUT2D eigenvalue weighted by atomic mass is 32.2. The monoisotopic (exact) mass is 1520 g/mol. The molecule has 8 aromatic rings. The lowest BCUT2D eigenvalue weighted by Gasteiger charge is -2.22. The molecule has 0 aromatic heterocycles. The van der Waals surface area contributed by atoms with E-state index in [4.69, 9.17) is 23.8 Å². The maximum atomic E-state index is 13.2. The fourth-order valence-electron chi connectivity index (χ4n) is 13.7. The van der Waals surface area contributed by atoms with Crippen molar-refractivity contribution in [2.45, 2.75) is 136 Å². The van der Waals surface area contributed by atoms with E-state index < -0.39 is 40.1 Å². The fourth-order valence-corrected chi connectivity index (χ4v) is 19.7. The molecule has 4 aliphatic heterocycles. The normalized spacial score (nSPS) is 17.7. The molecule has 4 aliphatic rings. The van der Waals surface area contributed by atoms with Crippen molar-refractivity contribution in [3.05, 3.63) is 237 Å². The van der Waals surface area contributed by atoms with E-state index in [1.807, 2.05) is 173 Å². The number of carbonyl (C=O) groups excluding carboxylic acids is 2. The first-order valence-corrected chi connectivity index (χ1v) is 41.7. The molecule has 8 aromatic carbocycles. The summed E-state index contributed by atoms with van der Waals surface area (Å²) >= 11 is 0. The van der Waals surface area contributed by atoms with E-state index in [9.17, 15) is 33.7 Å². The zero-order chi connectivity index (χ0) is 76.9. The maximum absolute atomic E-state index is 13.2. The van der Waals surface area contributed by atoms with Gasteiger partial charge in [-0.15, -0.1) is 0 Å². The summed E-state index contributed by atoms with van der Waals surface area (Å²) in [6, 6.07) is 52.6. The van der Waals surface area contributed by atoms with Crippen molar-refractivity contribution in [2.24, 2.45) is 0 Å². The van der Waals surface area contributed by atoms with Crippen LogP contribution in [-0.4, -0.2) is 135 Å². The third kappa shape index (κ3) is 19.4. The molecule has 0 bridgehead atoms. The van der Waals surface area contributed by atoms with E-state index in [1.54, 1.807) is 73.8 Å². The first kappa shape index (κ1) is 83.5. The lowest BCUT2D eigenvalue weighted by molar-refractivity contribution is -0.191. The molecule has 0 radical (unpaired) electrons. The van der Waals surface area contributed by atoms with Crippen LogP contribution in [0.1, 0.15) is 156 Å². The van der Waals surface area contributed by atoms with Crippen LogP contribution >= 0.6 is 0 Å². The molecular weight excluding hydrogens is 1420 g/mol. The Kier molecular flexibility index (Phi) is 30.4. The number of hydrogen-bond donors (Lipinski definition) is 4. The molecule has 0 spiro atoms. The molecule has 4 unspecified atom stereocenters. The Balaban J connectivity index is 0.000000176. The molecule has 0 fully saturated rings. The van der Waals surface area contributed by atoms with Crippen molar-refractivity contribution in [2.75, 3.05) is 113 Å². The van der Waals surface area contributed by atoms with Gasteiger partial charge in [0.15, 0.2) is 0 Å². The lowest BCUT2D eigenvalue weighted by atomic mass is 9.95. The molecule has 0 amide bonds. The molecule has 0 saturated heterocycles. The topological polar surface area (TPSA) is 259 Å². The standard InChI is InChI=1S/C23H32N2O2S.3C19H24N2O3S.CO2/c1-4-5-6-7-8-11-16-24-23-19-12-9-10-13-21(19)25(3)28(26,27)22-15-14-18(2)17-20(22)23;1-14-9-10-18-16(13-14)19(20-11-6-12-24-3)15-7-4-5-8-17(15)21(2)25(18,22)23;2*1-14-9-10-16-18(13-14)25(22,23)21(2)17-8-5-4-7-15(17)19(16)20-11-6-12-24-3;2-1-3/h9-10,12-15,17,23-24H,4-8,11,16H2,1-3H3;3*4-5,7-10,13,19-20H,6,11-12H2,1-3H3;. The van der Waals surface area contributed by atoms with Crippen molar-refractivity contribution in [3.63, 3.8) is 0 Å². The first-order valence-electron chi connectivity index (χ1n) is 35.9. The number of sulfonamides is 4. The third-order valence-corrected chi connectivity index (χ3v) is 26.7. The summed E-state index contributed by atoms with van der Waals surface area (Å²) in [6.07, 6.45) is 10.3. The van der Waals surface area contributed by atoms with Gasteiger partial charge < -0.3 is 35.5 Å². The minimum atomic E-state index is -3.59. The quantitative estimate of drug-likeness (QED) is 0.0434. The fraction of sp³-hybridized carbons (Fsp3) is 0.395. The van der Waals surface area contributed by atoms with E-state index >= 15 is 0 Å². The number of rotatable bonds is 23. The summed E-state index contributed by atoms with van der Waals surface area (Å²) < 4.78 is 126. The van der Waals surface area contributed by atoms with Gasteiger partial charge in [0.05, 0.1) is 66.5 Å². The van der Waals surface area contributed by atoms with Crippen molar-refractivity contribution in [1.82, 2.24) is 21.3 Å². The molecule has 0 saturated carbocycles. The third-order valence-electron chi connectivity index (χ3n) is 19.3. The van der Waals surface area contributed by atoms with Gasteiger partial charge in [0.25, 0.3) is 40.1 Å². The molecule has 570 valence electrons. The van der Waals surface area contributed by atoms with Gasteiger partial charge in [-0.2, -0.15) is 9.59 Å². The molecule has 12 rings (SSSR count). The number of methoxy groups -OCH3 is 3. The predicted molar refractivity (Wildman–Crippen MR) is 420 cm³/mol. The molecule has 0 aliphatic carbocycles. The summed E-state index contributed by atoms with van der Waals surface area (Å²) in [7, 11) is -2.80. The van der Waals surface area contributed by atoms with Gasteiger partial charge in [0.1, 0.15) is 0 Å². The summed E-state index contributed by atoms with van der Waals surface area (Å²) in [5.41, 5.74) is 14.0. The van der Waals surface area contributed by atoms with Crippen LogP contribution in [0.5, 0.6) is 0 Å². The Hall–Kier alpha value is -8.14. The molecule has 21 nitrogen and oxygen atoms in total. The summed E-state index contributed by atoms with van der Waals surface area (Å²) in [6.45, 7) is 15.1. The Bertz CT molecular complexity index is 4640. The minimum Gasteiger partial charge on any atom is -0.385 e. The van der Waals surface area contributed by atoms with Gasteiger partial charge in [-0.05, 0) is 184 Å². The van der Waals surface area contributed by atoms with Crippen LogP contribution in [0.25, 0.3) is 0 Å². The van der Waals surface area contributed by atoms with E-state index in [-0.39, 0.29) is 30.3 Å². The van der Waals surface area contributed by atoms with E-state index in [2.05, 4.69) is 28.2 Å². The number of nitrogens with one attached hydrogen (secondary N) is 4. The lowest BCUT2D eigenvalue weighted by Crippen LogP contribution is -2.26. The smallest absolute Gasteiger partial charge is 0.373 e. The van der Waals surface area contributed by atoms with Gasteiger partial charge in [-0.25, -0.2) is 33.7 Å². The van der Waals surface area contributed by atoms with Crippen molar-refractivity contribution in [1.29, 1.82) is 0 Å². The molecule has 25 heteroatoms. The number of ether oxygens (including phenoxy) is 3. The summed E-state index contributed by atoms with van der Waals surface area (Å²) in [5.74, 6) is 0. The highest BCUT2D eigenvalue weighted by Crippen LogP contribution is 2.45. The van der Waals surface area contributed by atoms with Crippen LogP contribution in [0.15, 0.2) is 189 Å². The molecule has 4 atom stereocenters. The zero-order valence-electron chi connectivity index (χ0n) is 63.0. The van der Waals surface area contributed by atoms with Crippen LogP contribution in [0.4, 0.5) is 22.7 Å². The summed E-state index contributed by atoms with van der Waals surface area (Å²) in [4.78, 5) is 17.8. The predicted octanol–water partition coefficient (Wildman–Crippen LogP) is 13.1. The number of nitrogens with zero attached hydrogens (tertiary/aromatic N) is 4. The van der Waals surface area contributed by atoms with E-state index in [0.717, 1.165) is 124 Å². The molecule has 4 N–H and O–H groups in total. The van der Waals surface area contributed by atoms with Gasteiger partial charge in [-0.3, -0.25) is 17.2 Å². The Morgan fingerprint density at radius 1 is 0.321 bits per heavy atom. The first-order chi connectivity index (χ1) is 50.8. The highest BCUT2D eigenvalue weighted by molar-refractivity contribution is 7.93. The highest BCUT2D eigenvalue weighted by Gasteiger charge is 2.39. The SMILES string of the molecule is CCCCCCCCNC1c2ccccc2N(C)S(=O)(=O)c2ccc(C)cc21.COCCCNC1c2ccccc2N(C)S(=O)(=O)c2cc(C)ccc21.COCCCNC1c2ccccc2N(C)S(=O)(=O)c2cc(C)ccc21.COCCCNC1c2ccccc2N(C)S(=O)(=O)c2ccc(C)cc21.O=C=O. The number of para-hydroxylation sites is 4. The van der Waals surface area contributed by atoms with Gasteiger partial charge in [0.2, 0.25) is 0 Å². The van der Waals surface area contributed by atoms with Gasteiger partial charge in [0, 0.05) is 69.3 Å². The van der Waals surface area contributed by atoms with Gasteiger partial charge >= 0.3 is 6.15 Å². The average Bonchev–Trinajstić information content (AvgIpc) is 1.63. The maximum Gasteiger partial charge on any atom is 0.373 e. The number of fused-ring (bicyclic) bond motifs is 8. The van der Waals surface area contributed by atoms with E-state index in [1.165, 1.54) is 49.3 Å². The Morgan fingerprint density at radius 2 is 0.575 bits per heavy atom. The molecule has 4 heterocycles. The largest absolute Gasteiger partial charge is 0.385 e. The molecule has 106 heavy (non-hydrogen) atoms. The van der Waals surface area contributed by atoms with Crippen LogP contribution < -0.4 is 38.5 Å². The zero-order valence-corrected chi connectivity index (χ0v) is 66.3. The number of benzene rings is 8. The minimum absolute atomic E-state index is 0.124. The number of aryl methyl sites for hydroxylation is 4. The number of anilines is 4. The molecular formula is C81H104N8O13S4. The second-order valence-electron chi connectivity index (χ2n) is 26.7. The van der Waals surface area contributed by atoms with Crippen molar-refractivity contribution >= 4 is 69.0 Å². The van der Waals surface area contributed by atoms with E-state index in [0.29, 0.717) is 56.5 Å². The second kappa shape index (κ2) is 38.6. The van der Waals surface area contributed by atoms with Gasteiger partial charge in [-0.1, -0.05) is 171 Å². The van der Waals surface area contributed by atoms with Crippen LogP contribution in [-0.2, 0) is 63.9 Å².